The van der Waals surface area contributed by atoms with E-state index in [0.29, 0.717) is 31.0 Å². The monoisotopic (exact) mass is 415 g/mol. The molecule has 2 amide bonds. The summed E-state index contributed by atoms with van der Waals surface area (Å²) < 4.78 is 5.35. The Labute approximate surface area is 180 Å². The fourth-order valence-electron chi connectivity index (χ4n) is 4.37. The molecular formula is C24H37N3O3. The Morgan fingerprint density at radius 2 is 1.87 bits per heavy atom. The van der Waals surface area contributed by atoms with Crippen LogP contribution in [0.4, 0.5) is 11.4 Å². The molecule has 0 aromatic heterocycles. The third-order valence-electron chi connectivity index (χ3n) is 6.31. The van der Waals surface area contributed by atoms with E-state index in [1.165, 1.54) is 0 Å². The van der Waals surface area contributed by atoms with E-state index in [0.717, 1.165) is 69.6 Å². The van der Waals surface area contributed by atoms with Gasteiger partial charge >= 0.3 is 0 Å². The number of carbonyl (C=O) groups excluding carboxylic acids is 2. The number of benzene rings is 1. The van der Waals surface area contributed by atoms with Gasteiger partial charge in [-0.15, -0.1) is 0 Å². The maximum atomic E-state index is 13.0. The van der Waals surface area contributed by atoms with E-state index >= 15 is 0 Å². The van der Waals surface area contributed by atoms with E-state index in [4.69, 9.17) is 4.74 Å². The molecule has 2 fully saturated rings. The molecule has 3 rings (SSSR count). The van der Waals surface area contributed by atoms with Crippen molar-refractivity contribution in [1.29, 1.82) is 0 Å². The standard InChI is InChI=1S/C24H37N3O3/c1-3-30-16-6-13-25-24(29)21-17-20(26-23(28)19-7-4-5-8-19)9-10-22(21)27-14-11-18(2)12-15-27/h9-10,17-19H,3-8,11-16H2,1-2H3,(H,25,29)(H,26,28). The average Bonchev–Trinajstić information content (AvgIpc) is 3.29. The number of nitrogens with one attached hydrogen (secondary N) is 2. The van der Waals surface area contributed by atoms with Crippen LogP contribution in [0.3, 0.4) is 0 Å². The number of hydrogen-bond acceptors (Lipinski definition) is 4. The molecule has 1 aromatic carbocycles. The Hall–Kier alpha value is -2.08. The lowest BCUT2D eigenvalue weighted by Gasteiger charge is -2.33. The van der Waals surface area contributed by atoms with Crippen molar-refractivity contribution in [2.24, 2.45) is 11.8 Å². The average molecular weight is 416 g/mol. The highest BCUT2D eigenvalue weighted by Gasteiger charge is 2.24. The summed E-state index contributed by atoms with van der Waals surface area (Å²) in [5, 5.41) is 6.07. The first-order valence-electron chi connectivity index (χ1n) is 11.6. The van der Waals surface area contributed by atoms with E-state index in [1.54, 1.807) is 0 Å². The fraction of sp³-hybridized carbons (Fsp3) is 0.667. The minimum atomic E-state index is -0.0860. The van der Waals surface area contributed by atoms with E-state index in [9.17, 15) is 9.59 Å². The van der Waals surface area contributed by atoms with Crippen molar-refractivity contribution in [2.45, 2.75) is 58.8 Å². The Balaban J connectivity index is 1.72. The van der Waals surface area contributed by atoms with Gasteiger partial charge < -0.3 is 20.3 Å². The van der Waals surface area contributed by atoms with Crippen LogP contribution >= 0.6 is 0 Å². The maximum absolute atomic E-state index is 13.0. The molecule has 0 spiro atoms. The second-order valence-corrected chi connectivity index (χ2v) is 8.68. The Bertz CT molecular complexity index is 708. The van der Waals surface area contributed by atoms with E-state index in [2.05, 4.69) is 22.5 Å². The van der Waals surface area contributed by atoms with Crippen LogP contribution in [0.2, 0.25) is 0 Å². The summed E-state index contributed by atoms with van der Waals surface area (Å²) in [4.78, 5) is 27.9. The molecule has 166 valence electrons. The molecule has 6 nitrogen and oxygen atoms in total. The second kappa shape index (κ2) is 11.3. The van der Waals surface area contributed by atoms with Gasteiger partial charge in [-0.25, -0.2) is 0 Å². The molecule has 0 atom stereocenters. The number of ether oxygens (including phenoxy) is 1. The molecule has 1 saturated heterocycles. The van der Waals surface area contributed by atoms with Gasteiger partial charge in [-0.3, -0.25) is 9.59 Å². The van der Waals surface area contributed by atoms with Crippen molar-refractivity contribution in [3.05, 3.63) is 23.8 Å². The molecule has 2 N–H and O–H groups in total. The van der Waals surface area contributed by atoms with Crippen LogP contribution in [0.5, 0.6) is 0 Å². The molecule has 0 bridgehead atoms. The first-order valence-corrected chi connectivity index (χ1v) is 11.6. The van der Waals surface area contributed by atoms with Crippen molar-refractivity contribution in [1.82, 2.24) is 5.32 Å². The van der Waals surface area contributed by atoms with Crippen molar-refractivity contribution < 1.29 is 14.3 Å². The number of hydrogen-bond donors (Lipinski definition) is 2. The SMILES string of the molecule is CCOCCCNC(=O)c1cc(NC(=O)C2CCCC2)ccc1N1CCC(C)CC1. The number of amides is 2. The van der Waals surface area contributed by atoms with Gasteiger partial charge in [-0.2, -0.15) is 0 Å². The molecular weight excluding hydrogens is 378 g/mol. The first kappa shape index (κ1) is 22.6. The van der Waals surface area contributed by atoms with Crippen LogP contribution in [0.1, 0.15) is 69.2 Å². The van der Waals surface area contributed by atoms with Crippen molar-refractivity contribution in [3.63, 3.8) is 0 Å². The summed E-state index contributed by atoms with van der Waals surface area (Å²) in [6.45, 7) is 8.08. The predicted octanol–water partition coefficient (Wildman–Crippen LogP) is 4.21. The largest absolute Gasteiger partial charge is 0.382 e. The minimum Gasteiger partial charge on any atom is -0.382 e. The van der Waals surface area contributed by atoms with Crippen LogP contribution in [0.15, 0.2) is 18.2 Å². The van der Waals surface area contributed by atoms with Gasteiger partial charge in [-0.05, 0) is 63.1 Å². The summed E-state index contributed by atoms with van der Waals surface area (Å²) >= 11 is 0. The summed E-state index contributed by atoms with van der Waals surface area (Å²) in [5.74, 6) is 0.818. The van der Waals surface area contributed by atoms with Crippen LogP contribution in [-0.4, -0.2) is 44.7 Å². The maximum Gasteiger partial charge on any atom is 0.253 e. The number of carbonyl (C=O) groups is 2. The molecule has 1 heterocycles. The van der Waals surface area contributed by atoms with Crippen LogP contribution in [0.25, 0.3) is 0 Å². The molecule has 0 radical (unpaired) electrons. The van der Waals surface area contributed by atoms with E-state index in [1.807, 2.05) is 25.1 Å². The summed E-state index contributed by atoms with van der Waals surface area (Å²) in [7, 11) is 0. The molecule has 1 aliphatic heterocycles. The molecule has 0 unspecified atom stereocenters. The zero-order chi connectivity index (χ0) is 21.3. The van der Waals surface area contributed by atoms with Gasteiger partial charge in [0.1, 0.15) is 0 Å². The summed E-state index contributed by atoms with van der Waals surface area (Å²) in [6, 6.07) is 5.78. The number of rotatable bonds is 9. The van der Waals surface area contributed by atoms with Crippen molar-refractivity contribution in [3.8, 4) is 0 Å². The summed E-state index contributed by atoms with van der Waals surface area (Å²) in [6.07, 6.45) is 7.23. The lowest BCUT2D eigenvalue weighted by atomic mass is 9.97. The molecule has 1 aliphatic carbocycles. The predicted molar refractivity (Wildman–Crippen MR) is 121 cm³/mol. The number of nitrogens with zero attached hydrogens (tertiary/aromatic N) is 1. The van der Waals surface area contributed by atoms with E-state index in [-0.39, 0.29) is 17.7 Å². The zero-order valence-electron chi connectivity index (χ0n) is 18.5. The minimum absolute atomic E-state index is 0.0788. The topological polar surface area (TPSA) is 70.7 Å². The highest BCUT2D eigenvalue weighted by Crippen LogP contribution is 2.30. The Morgan fingerprint density at radius 3 is 2.57 bits per heavy atom. The normalized spacial score (nSPS) is 17.9. The fourth-order valence-corrected chi connectivity index (χ4v) is 4.37. The van der Waals surface area contributed by atoms with E-state index < -0.39 is 0 Å². The van der Waals surface area contributed by atoms with Crippen LogP contribution < -0.4 is 15.5 Å². The lowest BCUT2D eigenvalue weighted by molar-refractivity contribution is -0.119. The molecule has 30 heavy (non-hydrogen) atoms. The Morgan fingerprint density at radius 1 is 1.13 bits per heavy atom. The molecule has 2 aliphatic rings. The van der Waals surface area contributed by atoms with Gasteiger partial charge in [0.15, 0.2) is 0 Å². The number of piperidine rings is 1. The van der Waals surface area contributed by atoms with Gasteiger partial charge in [0.2, 0.25) is 5.91 Å². The van der Waals surface area contributed by atoms with Gasteiger partial charge in [0.05, 0.1) is 5.56 Å². The highest BCUT2D eigenvalue weighted by molar-refractivity contribution is 6.02. The molecule has 1 aromatic rings. The summed E-state index contributed by atoms with van der Waals surface area (Å²) in [5.41, 5.74) is 2.31. The first-order chi connectivity index (χ1) is 14.6. The van der Waals surface area contributed by atoms with Crippen LogP contribution in [-0.2, 0) is 9.53 Å². The van der Waals surface area contributed by atoms with Crippen molar-refractivity contribution >= 4 is 23.2 Å². The molecule has 1 saturated carbocycles. The van der Waals surface area contributed by atoms with Crippen LogP contribution in [0, 0.1) is 11.8 Å². The molecule has 6 heteroatoms. The van der Waals surface area contributed by atoms with Gasteiger partial charge in [0.25, 0.3) is 5.91 Å². The third kappa shape index (κ3) is 6.21. The smallest absolute Gasteiger partial charge is 0.253 e. The van der Waals surface area contributed by atoms with Crippen molar-refractivity contribution in [2.75, 3.05) is 43.1 Å². The third-order valence-corrected chi connectivity index (χ3v) is 6.31. The number of anilines is 2. The van der Waals surface area contributed by atoms with Gasteiger partial charge in [0, 0.05) is 50.1 Å². The zero-order valence-corrected chi connectivity index (χ0v) is 18.5. The second-order valence-electron chi connectivity index (χ2n) is 8.68. The Kier molecular flexibility index (Phi) is 8.55. The lowest BCUT2D eigenvalue weighted by Crippen LogP contribution is -2.35. The quantitative estimate of drug-likeness (QED) is 0.593. The highest BCUT2D eigenvalue weighted by atomic mass is 16.5. The van der Waals surface area contributed by atoms with Gasteiger partial charge in [-0.1, -0.05) is 19.8 Å².